The number of hydrogen-bond acceptors (Lipinski definition) is 14. The van der Waals surface area contributed by atoms with Crippen LogP contribution in [-0.2, 0) is 33.2 Å². The highest BCUT2D eigenvalue weighted by atomic mass is 16.7. The lowest BCUT2D eigenvalue weighted by atomic mass is 9.98. The molecule has 14 heteroatoms. The number of esters is 1. The van der Waals surface area contributed by atoms with Crippen LogP contribution < -0.4 is 0 Å². The average Bonchev–Trinajstić information content (AvgIpc) is 3.41. The Morgan fingerprint density at radius 3 is 1.29 bits per heavy atom. The standard InChI is InChI=1S/C61H112O14/c1-3-5-7-9-11-13-15-17-19-21-22-23-24-25-26-27-28-29-30-32-34-36-38-40-42-44-53(63)73-50(47-70-45-43-41-39-37-35-33-31-20-18-16-14-12-10-8-6-4-2)48-71-60-59(69)57(67)55(65)52(75-60)49-72-61-58(68)56(66)54(64)51(46-62)74-61/h15,17,21-22,24-25,50-52,54-62,64-69H,3-14,16,18-20,23,26-49H2,1-2H3/b17-15-,22-21-,25-24-. The van der Waals surface area contributed by atoms with Gasteiger partial charge in [0.15, 0.2) is 12.6 Å². The minimum absolute atomic E-state index is 0.0636. The van der Waals surface area contributed by atoms with E-state index in [9.17, 15) is 40.5 Å². The molecule has 0 saturated carbocycles. The summed E-state index contributed by atoms with van der Waals surface area (Å²) in [5.74, 6) is -0.376. The number of aliphatic hydroxyl groups is 7. The van der Waals surface area contributed by atoms with Gasteiger partial charge in [0.05, 0.1) is 26.4 Å². The minimum Gasteiger partial charge on any atom is -0.457 e. The second-order valence-corrected chi connectivity index (χ2v) is 21.5. The Morgan fingerprint density at radius 2 is 0.827 bits per heavy atom. The van der Waals surface area contributed by atoms with Crippen molar-refractivity contribution in [3.63, 3.8) is 0 Å². The van der Waals surface area contributed by atoms with E-state index in [1.54, 1.807) is 0 Å². The first-order chi connectivity index (χ1) is 36.6. The predicted octanol–water partition coefficient (Wildman–Crippen LogP) is 11.3. The number of carbonyl (C=O) groups excluding carboxylic acids is 1. The SMILES string of the molecule is CCCCCCC/C=C\C/C=C\C/C=C\CCCCCCCCCCCCC(=O)OC(COCCCCCCCCCCCCCCCCCC)COC1OC(COC2OC(CO)C(O)C(O)C2O)C(O)C(O)C1O. The molecule has 0 amide bonds. The summed E-state index contributed by atoms with van der Waals surface area (Å²) in [6, 6.07) is 0. The lowest BCUT2D eigenvalue weighted by molar-refractivity contribution is -0.332. The van der Waals surface area contributed by atoms with Gasteiger partial charge >= 0.3 is 5.97 Å². The normalized spacial score (nSPS) is 24.8. The van der Waals surface area contributed by atoms with Crippen LogP contribution in [0.1, 0.15) is 245 Å². The summed E-state index contributed by atoms with van der Waals surface area (Å²) in [5, 5.41) is 72.4. The first kappa shape index (κ1) is 69.3. The second-order valence-electron chi connectivity index (χ2n) is 21.5. The van der Waals surface area contributed by atoms with Gasteiger partial charge in [0, 0.05) is 13.0 Å². The van der Waals surface area contributed by atoms with Crippen LogP contribution in [0.4, 0.5) is 0 Å². The molecular weight excluding hydrogens is 957 g/mol. The zero-order chi connectivity index (χ0) is 54.4. The van der Waals surface area contributed by atoms with Crippen LogP contribution in [0, 0.1) is 0 Å². The van der Waals surface area contributed by atoms with Gasteiger partial charge in [-0.1, -0.05) is 224 Å². The van der Waals surface area contributed by atoms with Gasteiger partial charge in [-0.2, -0.15) is 0 Å². The third kappa shape index (κ3) is 34.7. The summed E-state index contributed by atoms with van der Waals surface area (Å²) in [6.45, 7) is 3.72. The quantitative estimate of drug-likeness (QED) is 0.0172. The fourth-order valence-corrected chi connectivity index (χ4v) is 9.71. The molecule has 2 heterocycles. The number of aliphatic hydroxyl groups excluding tert-OH is 7. The monoisotopic (exact) mass is 1070 g/mol. The molecule has 0 bridgehead atoms. The number of unbranched alkanes of at least 4 members (excludes halogenated alkanes) is 30. The maximum Gasteiger partial charge on any atom is 0.306 e. The molecule has 440 valence electrons. The molecule has 0 aromatic rings. The molecule has 11 unspecified atom stereocenters. The lowest BCUT2D eigenvalue weighted by Crippen LogP contribution is -2.61. The van der Waals surface area contributed by atoms with Crippen molar-refractivity contribution >= 4 is 5.97 Å². The minimum atomic E-state index is -1.71. The predicted molar refractivity (Wildman–Crippen MR) is 298 cm³/mol. The van der Waals surface area contributed by atoms with Gasteiger partial charge in [-0.3, -0.25) is 4.79 Å². The summed E-state index contributed by atoms with van der Waals surface area (Å²) < 4.78 is 34.4. The first-order valence-electron chi connectivity index (χ1n) is 30.6. The summed E-state index contributed by atoms with van der Waals surface area (Å²) in [7, 11) is 0. The summed E-state index contributed by atoms with van der Waals surface area (Å²) >= 11 is 0. The molecule has 2 aliphatic heterocycles. The summed E-state index contributed by atoms with van der Waals surface area (Å²) in [5.41, 5.74) is 0. The van der Waals surface area contributed by atoms with Gasteiger partial charge in [-0.25, -0.2) is 0 Å². The molecule has 2 fully saturated rings. The Kier molecular flexibility index (Phi) is 44.5. The number of rotatable bonds is 50. The van der Waals surface area contributed by atoms with Crippen molar-refractivity contribution < 1.29 is 69.0 Å². The maximum absolute atomic E-state index is 13.1. The lowest BCUT2D eigenvalue weighted by Gasteiger charge is -2.42. The van der Waals surface area contributed by atoms with Crippen LogP contribution >= 0.6 is 0 Å². The van der Waals surface area contributed by atoms with Crippen molar-refractivity contribution in [1.29, 1.82) is 0 Å². The maximum atomic E-state index is 13.1. The van der Waals surface area contributed by atoms with Gasteiger partial charge in [-0.05, 0) is 51.4 Å². The van der Waals surface area contributed by atoms with E-state index in [1.165, 1.54) is 161 Å². The number of hydrogen-bond donors (Lipinski definition) is 7. The summed E-state index contributed by atoms with van der Waals surface area (Å²) in [6.07, 6.45) is 40.6. The van der Waals surface area contributed by atoms with Crippen molar-refractivity contribution in [1.82, 2.24) is 0 Å². The van der Waals surface area contributed by atoms with E-state index in [4.69, 9.17) is 28.4 Å². The number of carbonyl (C=O) groups is 1. The Hall–Kier alpha value is -1.79. The molecule has 7 N–H and O–H groups in total. The van der Waals surface area contributed by atoms with Gasteiger partial charge in [0.1, 0.15) is 54.9 Å². The zero-order valence-electron chi connectivity index (χ0n) is 47.3. The first-order valence-corrected chi connectivity index (χ1v) is 30.6. The average molecular weight is 1070 g/mol. The Labute approximate surface area is 455 Å². The van der Waals surface area contributed by atoms with Crippen LogP contribution in [-0.4, -0.2) is 142 Å². The molecule has 2 saturated heterocycles. The fourth-order valence-electron chi connectivity index (χ4n) is 9.71. The highest BCUT2D eigenvalue weighted by molar-refractivity contribution is 5.69. The van der Waals surface area contributed by atoms with Crippen molar-refractivity contribution in [3.8, 4) is 0 Å². The third-order valence-electron chi connectivity index (χ3n) is 14.7. The van der Waals surface area contributed by atoms with E-state index < -0.39 is 80.7 Å². The van der Waals surface area contributed by atoms with Crippen LogP contribution in [0.3, 0.4) is 0 Å². The Balaban J connectivity index is 1.68. The molecule has 2 aliphatic rings. The molecule has 14 nitrogen and oxygen atoms in total. The molecule has 2 rings (SSSR count). The van der Waals surface area contributed by atoms with E-state index in [2.05, 4.69) is 50.3 Å². The van der Waals surface area contributed by atoms with Crippen LogP contribution in [0.5, 0.6) is 0 Å². The summed E-state index contributed by atoms with van der Waals surface area (Å²) in [4.78, 5) is 13.1. The molecule has 0 spiro atoms. The van der Waals surface area contributed by atoms with Gasteiger partial charge < -0.3 is 64.2 Å². The number of allylic oxidation sites excluding steroid dienone is 6. The van der Waals surface area contributed by atoms with E-state index in [0.29, 0.717) is 13.0 Å². The highest BCUT2D eigenvalue weighted by Gasteiger charge is 2.47. The van der Waals surface area contributed by atoms with Crippen LogP contribution in [0.25, 0.3) is 0 Å². The molecule has 0 radical (unpaired) electrons. The highest BCUT2D eigenvalue weighted by Crippen LogP contribution is 2.27. The third-order valence-corrected chi connectivity index (χ3v) is 14.7. The fraction of sp³-hybridized carbons (Fsp3) is 0.885. The van der Waals surface area contributed by atoms with Gasteiger partial charge in [0.2, 0.25) is 0 Å². The largest absolute Gasteiger partial charge is 0.457 e. The second kappa shape index (κ2) is 48.1. The molecule has 0 aromatic heterocycles. The molecule has 11 atom stereocenters. The van der Waals surface area contributed by atoms with Gasteiger partial charge in [0.25, 0.3) is 0 Å². The van der Waals surface area contributed by atoms with Crippen molar-refractivity contribution in [2.75, 3.05) is 33.0 Å². The van der Waals surface area contributed by atoms with Crippen molar-refractivity contribution in [2.45, 2.75) is 313 Å². The molecule has 0 aromatic carbocycles. The zero-order valence-corrected chi connectivity index (χ0v) is 47.3. The molecule has 75 heavy (non-hydrogen) atoms. The Morgan fingerprint density at radius 1 is 0.440 bits per heavy atom. The smallest absolute Gasteiger partial charge is 0.306 e. The van der Waals surface area contributed by atoms with E-state index >= 15 is 0 Å². The van der Waals surface area contributed by atoms with Gasteiger partial charge in [-0.15, -0.1) is 0 Å². The van der Waals surface area contributed by atoms with Crippen molar-refractivity contribution in [3.05, 3.63) is 36.5 Å². The molecule has 0 aliphatic carbocycles. The molecular formula is C61H112O14. The van der Waals surface area contributed by atoms with E-state index in [-0.39, 0.29) is 25.6 Å². The Bertz CT molecular complexity index is 1380. The van der Waals surface area contributed by atoms with Crippen LogP contribution in [0.15, 0.2) is 36.5 Å². The van der Waals surface area contributed by atoms with E-state index in [0.717, 1.165) is 57.8 Å². The van der Waals surface area contributed by atoms with Crippen LogP contribution in [0.2, 0.25) is 0 Å². The van der Waals surface area contributed by atoms with Crippen molar-refractivity contribution in [2.24, 2.45) is 0 Å². The topological polar surface area (TPSA) is 214 Å². The number of ether oxygens (including phenoxy) is 6. The van der Waals surface area contributed by atoms with E-state index in [1.807, 2.05) is 0 Å².